The van der Waals surface area contributed by atoms with Crippen LogP contribution in [0.2, 0.25) is 5.02 Å². The van der Waals surface area contributed by atoms with Crippen LogP contribution < -0.4 is 5.73 Å². The predicted octanol–water partition coefficient (Wildman–Crippen LogP) is 1.85. The highest BCUT2D eigenvalue weighted by Crippen LogP contribution is 2.27. The summed E-state index contributed by atoms with van der Waals surface area (Å²) < 4.78 is 0. The molecule has 0 fully saturated rings. The molecule has 1 rings (SSSR count). The molecule has 0 heterocycles. The van der Waals surface area contributed by atoms with Crippen LogP contribution in [-0.2, 0) is 4.79 Å². The quantitative estimate of drug-likeness (QED) is 0.734. The van der Waals surface area contributed by atoms with Crippen molar-refractivity contribution in [3.63, 3.8) is 0 Å². The van der Waals surface area contributed by atoms with E-state index in [4.69, 9.17) is 17.3 Å². The summed E-state index contributed by atoms with van der Waals surface area (Å²) in [6.45, 7) is 1.73. The Bertz CT molecular complexity index is 399. The Morgan fingerprint density at radius 2 is 2.21 bits per heavy atom. The number of halogens is 1. The van der Waals surface area contributed by atoms with Crippen LogP contribution >= 0.6 is 11.6 Å². The average molecular weight is 212 g/mol. The van der Waals surface area contributed by atoms with Gasteiger partial charge in [-0.1, -0.05) is 11.6 Å². The van der Waals surface area contributed by atoms with E-state index in [0.29, 0.717) is 16.1 Å². The first-order valence-corrected chi connectivity index (χ1v) is 4.35. The molecule has 1 aromatic rings. The van der Waals surface area contributed by atoms with Gasteiger partial charge in [-0.2, -0.15) is 0 Å². The molecule has 1 amide bonds. The Balaban J connectivity index is 3.14. The van der Waals surface area contributed by atoms with Crippen molar-refractivity contribution in [2.75, 3.05) is 0 Å². The highest BCUT2D eigenvalue weighted by atomic mass is 35.5. The molecule has 14 heavy (non-hydrogen) atoms. The summed E-state index contributed by atoms with van der Waals surface area (Å²) >= 11 is 5.78. The maximum atomic E-state index is 10.5. The first-order valence-electron chi connectivity index (χ1n) is 3.97. The van der Waals surface area contributed by atoms with Crippen LogP contribution in [-0.4, -0.2) is 11.0 Å². The maximum Gasteiger partial charge on any atom is 0.241 e. The summed E-state index contributed by atoms with van der Waals surface area (Å²) in [5, 5.41) is 10.1. The number of nitrogens with two attached hydrogens (primary N) is 1. The van der Waals surface area contributed by atoms with E-state index in [1.165, 1.54) is 12.2 Å². The van der Waals surface area contributed by atoms with Gasteiger partial charge in [0.15, 0.2) is 0 Å². The summed E-state index contributed by atoms with van der Waals surface area (Å²) in [6.07, 6.45) is 2.60. The number of aromatic hydroxyl groups is 1. The van der Waals surface area contributed by atoms with Gasteiger partial charge in [0.25, 0.3) is 0 Å². The summed E-state index contributed by atoms with van der Waals surface area (Å²) in [5.41, 5.74) is 6.06. The fraction of sp³-hybridized carbons (Fsp3) is 0.100. The summed E-state index contributed by atoms with van der Waals surface area (Å²) in [4.78, 5) is 10.5. The number of hydrogen-bond donors (Lipinski definition) is 2. The largest absolute Gasteiger partial charge is 0.507 e. The lowest BCUT2D eigenvalue weighted by molar-refractivity contribution is -0.113. The molecule has 0 aliphatic carbocycles. The van der Waals surface area contributed by atoms with Gasteiger partial charge in [0.05, 0.1) is 0 Å². The Kier molecular flexibility index (Phi) is 3.14. The molecule has 0 aliphatic rings. The molecule has 0 spiro atoms. The predicted molar refractivity (Wildman–Crippen MR) is 56.1 cm³/mol. The molecule has 0 bridgehead atoms. The van der Waals surface area contributed by atoms with E-state index in [1.807, 2.05) is 0 Å². The minimum Gasteiger partial charge on any atom is -0.507 e. The van der Waals surface area contributed by atoms with Crippen LogP contribution in [0.4, 0.5) is 0 Å². The maximum absolute atomic E-state index is 10.5. The minimum absolute atomic E-state index is 0.104. The number of phenolic OH excluding ortho intramolecular Hbond substituents is 1. The van der Waals surface area contributed by atoms with Crippen LogP contribution in [0, 0.1) is 6.92 Å². The third-order valence-corrected chi connectivity index (χ3v) is 1.94. The molecule has 74 valence electrons. The minimum atomic E-state index is -0.568. The van der Waals surface area contributed by atoms with E-state index < -0.39 is 5.91 Å². The van der Waals surface area contributed by atoms with E-state index in [2.05, 4.69) is 0 Å². The Hall–Kier alpha value is -1.48. The lowest BCUT2D eigenvalue weighted by Gasteiger charge is -2.03. The van der Waals surface area contributed by atoms with Crippen molar-refractivity contribution in [3.05, 3.63) is 34.4 Å². The fourth-order valence-corrected chi connectivity index (χ4v) is 1.34. The molecule has 0 unspecified atom stereocenters. The standard InChI is InChI=1S/C10H10ClNO2/c1-6-4-8(11)5-7(10(6)14)2-3-9(12)13/h2-5,14H,1H3,(H2,12,13)/b3-2+. The number of aryl methyl sites for hydroxylation is 1. The van der Waals surface area contributed by atoms with E-state index in [1.54, 1.807) is 19.1 Å². The van der Waals surface area contributed by atoms with E-state index in [9.17, 15) is 9.90 Å². The zero-order valence-electron chi connectivity index (χ0n) is 7.62. The van der Waals surface area contributed by atoms with Crippen LogP contribution in [0.15, 0.2) is 18.2 Å². The van der Waals surface area contributed by atoms with Crippen LogP contribution in [0.1, 0.15) is 11.1 Å². The second-order valence-electron chi connectivity index (χ2n) is 2.90. The van der Waals surface area contributed by atoms with Gasteiger partial charge in [-0.3, -0.25) is 4.79 Å². The average Bonchev–Trinajstić information content (AvgIpc) is 2.08. The second-order valence-corrected chi connectivity index (χ2v) is 3.33. The van der Waals surface area contributed by atoms with Gasteiger partial charge in [-0.05, 0) is 30.7 Å². The highest BCUT2D eigenvalue weighted by molar-refractivity contribution is 6.30. The lowest BCUT2D eigenvalue weighted by atomic mass is 10.1. The monoisotopic (exact) mass is 211 g/mol. The van der Waals surface area contributed by atoms with E-state index in [0.717, 1.165) is 0 Å². The first-order chi connectivity index (χ1) is 6.50. The normalized spacial score (nSPS) is 10.7. The number of hydrogen-bond acceptors (Lipinski definition) is 2. The molecule has 0 radical (unpaired) electrons. The van der Waals surface area contributed by atoms with Gasteiger partial charge in [0, 0.05) is 16.7 Å². The van der Waals surface area contributed by atoms with Crippen LogP contribution in [0.25, 0.3) is 6.08 Å². The number of carbonyl (C=O) groups excluding carboxylic acids is 1. The third-order valence-electron chi connectivity index (χ3n) is 1.72. The molecule has 0 saturated carbocycles. The van der Waals surface area contributed by atoms with Gasteiger partial charge in [-0.25, -0.2) is 0 Å². The number of benzene rings is 1. The molecule has 0 aromatic heterocycles. The number of amides is 1. The van der Waals surface area contributed by atoms with Crippen molar-refractivity contribution >= 4 is 23.6 Å². The van der Waals surface area contributed by atoms with Crippen LogP contribution in [0.3, 0.4) is 0 Å². The molecular formula is C10H10ClNO2. The Morgan fingerprint density at radius 3 is 2.79 bits per heavy atom. The van der Waals surface area contributed by atoms with Gasteiger partial charge >= 0.3 is 0 Å². The van der Waals surface area contributed by atoms with Crippen molar-refractivity contribution in [1.29, 1.82) is 0 Å². The van der Waals surface area contributed by atoms with E-state index in [-0.39, 0.29) is 5.75 Å². The first kappa shape index (κ1) is 10.6. The van der Waals surface area contributed by atoms with Crippen molar-refractivity contribution in [2.45, 2.75) is 6.92 Å². The zero-order chi connectivity index (χ0) is 10.7. The highest BCUT2D eigenvalue weighted by Gasteiger charge is 2.03. The fourth-order valence-electron chi connectivity index (χ4n) is 1.06. The molecule has 3 N–H and O–H groups in total. The zero-order valence-corrected chi connectivity index (χ0v) is 8.38. The molecule has 0 atom stereocenters. The summed E-state index contributed by atoms with van der Waals surface area (Å²) in [5.74, 6) is -0.464. The van der Waals surface area contributed by atoms with Crippen molar-refractivity contribution in [3.8, 4) is 5.75 Å². The molecule has 4 heteroatoms. The number of phenols is 1. The van der Waals surface area contributed by atoms with Crippen molar-refractivity contribution < 1.29 is 9.90 Å². The SMILES string of the molecule is Cc1cc(Cl)cc(/C=C/C(N)=O)c1O. The van der Waals surface area contributed by atoms with Gasteiger partial charge in [0.1, 0.15) is 5.75 Å². The molecule has 0 saturated heterocycles. The molecule has 0 aliphatic heterocycles. The van der Waals surface area contributed by atoms with Gasteiger partial charge < -0.3 is 10.8 Å². The third kappa shape index (κ3) is 2.50. The van der Waals surface area contributed by atoms with Crippen molar-refractivity contribution in [2.24, 2.45) is 5.73 Å². The van der Waals surface area contributed by atoms with Gasteiger partial charge in [0.2, 0.25) is 5.91 Å². The second kappa shape index (κ2) is 4.15. The number of carbonyl (C=O) groups is 1. The lowest BCUT2D eigenvalue weighted by Crippen LogP contribution is -2.05. The smallest absolute Gasteiger partial charge is 0.241 e. The molecule has 3 nitrogen and oxygen atoms in total. The van der Waals surface area contributed by atoms with Gasteiger partial charge in [-0.15, -0.1) is 0 Å². The Morgan fingerprint density at radius 1 is 1.57 bits per heavy atom. The number of primary amides is 1. The van der Waals surface area contributed by atoms with Crippen molar-refractivity contribution in [1.82, 2.24) is 0 Å². The number of rotatable bonds is 2. The Labute approximate surface area is 86.8 Å². The van der Waals surface area contributed by atoms with Crippen LogP contribution in [0.5, 0.6) is 5.75 Å². The summed E-state index contributed by atoms with van der Waals surface area (Å²) in [6, 6.07) is 3.20. The topological polar surface area (TPSA) is 63.3 Å². The molecular weight excluding hydrogens is 202 g/mol. The summed E-state index contributed by atoms with van der Waals surface area (Å²) in [7, 11) is 0. The van der Waals surface area contributed by atoms with E-state index >= 15 is 0 Å². The molecule has 1 aromatic carbocycles.